The number of hydrogen-bond donors (Lipinski definition) is 1. The van der Waals surface area contributed by atoms with E-state index in [0.29, 0.717) is 92.1 Å². The van der Waals surface area contributed by atoms with Crippen molar-refractivity contribution in [3.8, 4) is 23.0 Å². The number of carbonyl (C=O) groups excluding carboxylic acids is 3. The van der Waals surface area contributed by atoms with E-state index in [0.717, 1.165) is 69.3 Å². The third-order valence-electron chi connectivity index (χ3n) is 11.7. The van der Waals surface area contributed by atoms with Crippen LogP contribution in [0.25, 0.3) is 0 Å². The van der Waals surface area contributed by atoms with E-state index >= 15 is 0 Å². The molecule has 2 unspecified atom stereocenters. The molecule has 4 aromatic heterocycles. The Kier molecular flexibility index (Phi) is 15.7. The summed E-state index contributed by atoms with van der Waals surface area (Å²) in [6, 6.07) is 22.4. The number of nitrogens with zero attached hydrogens (tertiary/aromatic N) is 5. The lowest BCUT2D eigenvalue weighted by Gasteiger charge is -2.27. The van der Waals surface area contributed by atoms with Crippen molar-refractivity contribution in [2.45, 2.75) is 89.8 Å². The lowest BCUT2D eigenvalue weighted by Crippen LogP contribution is -2.36. The molecule has 2 fully saturated rings. The Morgan fingerprint density at radius 3 is 1.74 bits per heavy atom. The number of benzene rings is 2. The normalized spacial score (nSPS) is 17.3. The van der Waals surface area contributed by atoms with Crippen molar-refractivity contribution in [2.75, 3.05) is 39.5 Å². The number of rotatable bonds is 10. The molecule has 10 rings (SSSR count). The molecule has 1 amide bonds. The third-order valence-corrected chi connectivity index (χ3v) is 14.3. The average molecular weight is 1020 g/mol. The second kappa shape index (κ2) is 21.7. The first-order valence-corrected chi connectivity index (χ1v) is 25.0. The van der Waals surface area contributed by atoms with Crippen LogP contribution in [0, 0.1) is 0 Å². The fraction of sp³-hybridized carbons (Fsp3) is 0.408. The van der Waals surface area contributed by atoms with Crippen LogP contribution in [0.4, 0.5) is 4.79 Å². The summed E-state index contributed by atoms with van der Waals surface area (Å²) in [5.74, 6) is 1.59. The van der Waals surface area contributed by atoms with E-state index in [2.05, 4.69) is 11.4 Å². The fourth-order valence-electron chi connectivity index (χ4n) is 8.66. The molecule has 4 aliphatic rings. The first kappa shape index (κ1) is 49.3. The van der Waals surface area contributed by atoms with Gasteiger partial charge in [0.1, 0.15) is 32.0 Å². The van der Waals surface area contributed by atoms with Crippen LogP contribution in [0.5, 0.6) is 23.0 Å². The van der Waals surface area contributed by atoms with Crippen molar-refractivity contribution >= 4 is 76.2 Å². The van der Waals surface area contributed by atoms with Crippen molar-refractivity contribution < 1.29 is 38.1 Å². The average Bonchev–Trinajstić information content (AvgIpc) is 4.19. The smallest absolute Gasteiger partial charge is 0.410 e. The zero-order valence-corrected chi connectivity index (χ0v) is 41.9. The summed E-state index contributed by atoms with van der Waals surface area (Å²) < 4.78 is 33.0. The van der Waals surface area contributed by atoms with Crippen LogP contribution in [0.3, 0.4) is 0 Å². The van der Waals surface area contributed by atoms with Gasteiger partial charge < -0.3 is 29.0 Å². The second-order valence-electron chi connectivity index (χ2n) is 17.6. The molecule has 0 spiro atoms. The lowest BCUT2D eigenvalue weighted by molar-refractivity contribution is 0.0221. The zero-order valence-electron chi connectivity index (χ0n) is 38.0. The Morgan fingerprint density at radius 1 is 0.706 bits per heavy atom. The first-order chi connectivity index (χ1) is 32.4. The maximum atomic E-state index is 13.8. The van der Waals surface area contributed by atoms with Crippen molar-refractivity contribution in [3.05, 3.63) is 125 Å². The van der Waals surface area contributed by atoms with E-state index in [1.807, 2.05) is 63.2 Å². The molecule has 2 saturated heterocycles. The highest BCUT2D eigenvalue weighted by Crippen LogP contribution is 2.38. The molecule has 68 heavy (non-hydrogen) atoms. The minimum Gasteiger partial charge on any atom is -0.486 e. The number of thiophene rings is 2. The van der Waals surface area contributed by atoms with E-state index < -0.39 is 5.60 Å². The summed E-state index contributed by atoms with van der Waals surface area (Å²) in [4.78, 5) is 44.3. The number of para-hydroxylation sites is 2. The number of amides is 1. The van der Waals surface area contributed by atoms with Gasteiger partial charge in [-0.15, -0.1) is 35.1 Å². The molecule has 360 valence electrons. The summed E-state index contributed by atoms with van der Waals surface area (Å²) in [6.45, 7) is 8.85. The number of halogens is 3. The maximum absolute atomic E-state index is 13.8. The Bertz CT molecular complexity index is 2760. The third kappa shape index (κ3) is 11.3. The van der Waals surface area contributed by atoms with Crippen LogP contribution in [0.2, 0.25) is 8.67 Å². The predicted octanol–water partition coefficient (Wildman–Crippen LogP) is 10.6. The molecule has 0 radical (unpaired) electrons. The van der Waals surface area contributed by atoms with Crippen LogP contribution in [0.1, 0.15) is 112 Å². The minimum atomic E-state index is -0.596. The van der Waals surface area contributed by atoms with Crippen molar-refractivity contribution in [1.82, 2.24) is 29.8 Å². The lowest BCUT2D eigenvalue weighted by atomic mass is 10.1. The fourth-order valence-corrected chi connectivity index (χ4v) is 10.8. The second-order valence-corrected chi connectivity index (χ2v) is 21.2. The van der Waals surface area contributed by atoms with Gasteiger partial charge >= 0.3 is 6.09 Å². The van der Waals surface area contributed by atoms with Gasteiger partial charge in [0.2, 0.25) is 0 Å². The number of aryl methyl sites for hydroxylation is 4. The summed E-state index contributed by atoms with van der Waals surface area (Å²) in [5.41, 5.74) is 3.52. The van der Waals surface area contributed by atoms with E-state index in [4.69, 9.17) is 57.1 Å². The van der Waals surface area contributed by atoms with Crippen molar-refractivity contribution in [3.63, 3.8) is 0 Å². The molecular weight excluding hydrogens is 971 g/mol. The molecule has 0 aliphatic carbocycles. The molecule has 2 aromatic carbocycles. The standard InChI is InChI=1S/C27H30ClN3O5S.C22H22ClN3O3S.ClH/c1-27(2,3)36-26(33)30-13-5-7-21(30)20-16-17(9-10-18-11-12-23(28)37-18)31(29-20)25(32)19-6-4-8-22-24(19)35-15-14-34-22;23-20-9-8-15(30-20)7-6-14-13-18(17-4-2-10-24-17)25-26(14)22(27)16-3-1-5-19-21(16)29-12-11-28-19;/h4,6,8,11-12,16,21H,5,7,9-10,13-15H2,1-3H3;1,3,5,8-9,13,17,24H,2,4,6-7,10-12H2;1H. The number of likely N-dealkylation sites (tertiary alicyclic amines) is 1. The predicted molar refractivity (Wildman–Crippen MR) is 264 cm³/mol. The van der Waals surface area contributed by atoms with E-state index in [-0.39, 0.29) is 42.4 Å². The molecule has 8 heterocycles. The van der Waals surface area contributed by atoms with Gasteiger partial charge in [0.15, 0.2) is 23.0 Å². The van der Waals surface area contributed by atoms with Gasteiger partial charge in [-0.05, 0) is 139 Å². The number of nitrogens with one attached hydrogen (secondary N) is 1. The number of fused-ring (bicyclic) bond motifs is 2. The van der Waals surface area contributed by atoms with Crippen LogP contribution < -0.4 is 24.3 Å². The Balaban J connectivity index is 0.000000185. The monoisotopic (exact) mass is 1020 g/mol. The number of ether oxygens (including phenoxy) is 5. The van der Waals surface area contributed by atoms with Gasteiger partial charge in [-0.1, -0.05) is 35.3 Å². The van der Waals surface area contributed by atoms with Crippen LogP contribution >= 0.6 is 58.3 Å². The zero-order chi connectivity index (χ0) is 46.7. The summed E-state index contributed by atoms with van der Waals surface area (Å²) >= 11 is 15.3. The largest absolute Gasteiger partial charge is 0.486 e. The topological polar surface area (TPSA) is 148 Å². The Hall–Kier alpha value is -5.10. The van der Waals surface area contributed by atoms with Gasteiger partial charge in [0, 0.05) is 27.7 Å². The molecular formula is C49H53Cl3N6O8S2. The first-order valence-electron chi connectivity index (χ1n) is 22.6. The van der Waals surface area contributed by atoms with Crippen molar-refractivity contribution in [1.29, 1.82) is 0 Å². The molecule has 0 saturated carbocycles. The molecule has 14 nitrogen and oxygen atoms in total. The number of carbonyl (C=O) groups is 3. The Morgan fingerprint density at radius 2 is 1.24 bits per heavy atom. The van der Waals surface area contributed by atoms with Crippen molar-refractivity contribution in [2.24, 2.45) is 0 Å². The SMILES string of the molecule is CC(C)(C)OC(=O)N1CCCC1c1cc(CCc2ccc(Cl)s2)n(C(=O)c2cccc3c2OCCO3)n1.Cl.O=C(c1cccc2c1OCCO2)n1nc(C2CCCN2)cc1CCc1ccc(Cl)s1. The molecule has 19 heteroatoms. The summed E-state index contributed by atoms with van der Waals surface area (Å²) in [5, 5.41) is 13.0. The van der Waals surface area contributed by atoms with Gasteiger partial charge in [-0.3, -0.25) is 14.5 Å². The van der Waals surface area contributed by atoms with E-state index in [9.17, 15) is 14.4 Å². The maximum Gasteiger partial charge on any atom is 0.410 e. The molecule has 6 aromatic rings. The van der Waals surface area contributed by atoms with Crippen LogP contribution in [-0.4, -0.2) is 87.5 Å². The Labute approximate surface area is 419 Å². The highest BCUT2D eigenvalue weighted by atomic mass is 35.5. The van der Waals surface area contributed by atoms with Gasteiger partial charge in [-0.2, -0.15) is 10.2 Å². The minimum absolute atomic E-state index is 0. The summed E-state index contributed by atoms with van der Waals surface area (Å²) in [6.07, 6.45) is 6.18. The molecule has 2 atom stereocenters. The number of aromatic nitrogens is 4. The van der Waals surface area contributed by atoms with Gasteiger partial charge in [0.25, 0.3) is 11.8 Å². The molecule has 1 N–H and O–H groups in total. The van der Waals surface area contributed by atoms with Gasteiger partial charge in [0.05, 0.1) is 43.3 Å². The highest BCUT2D eigenvalue weighted by molar-refractivity contribution is 7.16. The van der Waals surface area contributed by atoms with E-state index in [1.165, 1.54) is 25.6 Å². The van der Waals surface area contributed by atoms with Crippen LogP contribution in [0.15, 0.2) is 72.8 Å². The number of hydrogen-bond acceptors (Lipinski definition) is 13. The summed E-state index contributed by atoms with van der Waals surface area (Å²) in [7, 11) is 0. The quantitative estimate of drug-likeness (QED) is 0.140. The molecule has 0 bridgehead atoms. The van der Waals surface area contributed by atoms with E-state index in [1.54, 1.807) is 40.5 Å². The van der Waals surface area contributed by atoms with Gasteiger partial charge in [-0.25, -0.2) is 14.2 Å². The van der Waals surface area contributed by atoms with Crippen LogP contribution in [-0.2, 0) is 30.4 Å². The highest BCUT2D eigenvalue weighted by Gasteiger charge is 2.36. The molecule has 4 aliphatic heterocycles.